The van der Waals surface area contributed by atoms with E-state index in [0.717, 1.165) is 27.6 Å². The Labute approximate surface area is 120 Å². The number of rotatable bonds is 3. The summed E-state index contributed by atoms with van der Waals surface area (Å²) in [5.74, 6) is 0. The van der Waals surface area contributed by atoms with Crippen LogP contribution in [-0.4, -0.2) is 10.2 Å². The zero-order chi connectivity index (χ0) is 13.2. The summed E-state index contributed by atoms with van der Waals surface area (Å²) >= 11 is 3.60. The Morgan fingerprint density at radius 3 is 2.95 bits per heavy atom. The Kier molecular flexibility index (Phi) is 3.25. The molecule has 4 heteroatoms. The maximum atomic E-state index is 4.02. The molecule has 2 N–H and O–H groups in total. The van der Waals surface area contributed by atoms with Crippen LogP contribution in [0.1, 0.15) is 11.1 Å². The first-order valence-corrected chi connectivity index (χ1v) is 6.94. The molecule has 19 heavy (non-hydrogen) atoms. The third-order valence-electron chi connectivity index (χ3n) is 3.13. The van der Waals surface area contributed by atoms with Gasteiger partial charge >= 0.3 is 0 Å². The van der Waals surface area contributed by atoms with E-state index in [1.54, 1.807) is 0 Å². The smallest absolute Gasteiger partial charge is 0.0651 e. The molecule has 0 saturated heterocycles. The maximum absolute atomic E-state index is 4.02. The van der Waals surface area contributed by atoms with Gasteiger partial charge in [-0.15, -0.1) is 0 Å². The standard InChI is InChI=1S/C15H14BrN3/c1-10-2-3-11(14(16)6-10)8-17-13-4-5-15-12(7-13)9-18-19-15/h2-7,9,17H,8H2,1H3,(H,18,19). The number of anilines is 1. The minimum Gasteiger partial charge on any atom is -0.381 e. The van der Waals surface area contributed by atoms with E-state index in [1.165, 1.54) is 11.1 Å². The van der Waals surface area contributed by atoms with Crippen molar-refractivity contribution < 1.29 is 0 Å². The molecular formula is C15H14BrN3. The molecule has 0 aliphatic heterocycles. The number of hydrogen-bond acceptors (Lipinski definition) is 2. The van der Waals surface area contributed by atoms with Gasteiger partial charge in [-0.3, -0.25) is 5.10 Å². The lowest BCUT2D eigenvalue weighted by atomic mass is 10.1. The number of H-pyrrole nitrogens is 1. The molecule has 3 nitrogen and oxygen atoms in total. The molecule has 0 amide bonds. The summed E-state index contributed by atoms with van der Waals surface area (Å²) < 4.78 is 1.14. The van der Waals surface area contributed by atoms with Gasteiger partial charge in [-0.05, 0) is 42.3 Å². The van der Waals surface area contributed by atoms with Crippen LogP contribution in [-0.2, 0) is 6.54 Å². The summed E-state index contributed by atoms with van der Waals surface area (Å²) in [5.41, 5.74) is 4.66. The predicted molar refractivity (Wildman–Crippen MR) is 82.3 cm³/mol. The molecule has 0 unspecified atom stereocenters. The highest BCUT2D eigenvalue weighted by molar-refractivity contribution is 9.10. The average Bonchev–Trinajstić information content (AvgIpc) is 2.85. The van der Waals surface area contributed by atoms with Crippen molar-refractivity contribution in [1.82, 2.24) is 10.2 Å². The van der Waals surface area contributed by atoms with Crippen LogP contribution in [0.15, 0.2) is 47.1 Å². The molecule has 0 aliphatic carbocycles. The Morgan fingerprint density at radius 2 is 2.11 bits per heavy atom. The van der Waals surface area contributed by atoms with Crippen molar-refractivity contribution in [3.8, 4) is 0 Å². The molecule has 0 fully saturated rings. The van der Waals surface area contributed by atoms with E-state index in [1.807, 2.05) is 12.3 Å². The highest BCUT2D eigenvalue weighted by Crippen LogP contribution is 2.21. The van der Waals surface area contributed by atoms with Crippen LogP contribution in [0.5, 0.6) is 0 Å². The lowest BCUT2D eigenvalue weighted by molar-refractivity contribution is 1.12. The minimum atomic E-state index is 0.796. The van der Waals surface area contributed by atoms with Crippen molar-refractivity contribution >= 4 is 32.5 Å². The lowest BCUT2D eigenvalue weighted by Gasteiger charge is -2.09. The van der Waals surface area contributed by atoms with Gasteiger partial charge in [0.05, 0.1) is 11.7 Å². The number of aryl methyl sites for hydroxylation is 1. The molecule has 0 spiro atoms. The largest absolute Gasteiger partial charge is 0.381 e. The van der Waals surface area contributed by atoms with E-state index in [4.69, 9.17) is 0 Å². The normalized spacial score (nSPS) is 10.8. The highest BCUT2D eigenvalue weighted by Gasteiger charge is 2.01. The lowest BCUT2D eigenvalue weighted by Crippen LogP contribution is -2.00. The molecule has 96 valence electrons. The van der Waals surface area contributed by atoms with Crippen molar-refractivity contribution in [3.63, 3.8) is 0 Å². The average molecular weight is 316 g/mol. The first-order chi connectivity index (χ1) is 9.22. The number of aromatic amines is 1. The number of benzene rings is 2. The molecule has 0 saturated carbocycles. The predicted octanol–water partition coefficient (Wildman–Crippen LogP) is 4.25. The van der Waals surface area contributed by atoms with E-state index in [0.29, 0.717) is 0 Å². The topological polar surface area (TPSA) is 40.7 Å². The van der Waals surface area contributed by atoms with Crippen molar-refractivity contribution in [2.75, 3.05) is 5.32 Å². The second-order valence-corrected chi connectivity index (χ2v) is 5.47. The summed E-state index contributed by atoms with van der Waals surface area (Å²) in [7, 11) is 0. The van der Waals surface area contributed by atoms with Crippen LogP contribution < -0.4 is 5.32 Å². The molecule has 3 rings (SSSR count). The zero-order valence-electron chi connectivity index (χ0n) is 10.6. The first kappa shape index (κ1) is 12.2. The molecule has 1 aromatic heterocycles. The molecule has 0 radical (unpaired) electrons. The van der Waals surface area contributed by atoms with Crippen molar-refractivity contribution in [1.29, 1.82) is 0 Å². The van der Waals surface area contributed by atoms with Crippen LogP contribution in [0.25, 0.3) is 10.9 Å². The summed E-state index contributed by atoms with van der Waals surface area (Å²) in [4.78, 5) is 0. The molecule has 2 aromatic carbocycles. The number of halogens is 1. The van der Waals surface area contributed by atoms with Gasteiger partial charge in [0, 0.05) is 22.1 Å². The molecule has 3 aromatic rings. The third kappa shape index (κ3) is 2.63. The fourth-order valence-corrected chi connectivity index (χ4v) is 2.68. The van der Waals surface area contributed by atoms with Crippen LogP contribution in [0.3, 0.4) is 0 Å². The summed E-state index contributed by atoms with van der Waals surface area (Å²) in [6.07, 6.45) is 1.84. The molecule has 1 heterocycles. The quantitative estimate of drug-likeness (QED) is 0.758. The molecule has 0 bridgehead atoms. The van der Waals surface area contributed by atoms with Gasteiger partial charge in [0.15, 0.2) is 0 Å². The number of nitrogens with zero attached hydrogens (tertiary/aromatic N) is 1. The fraction of sp³-hybridized carbons (Fsp3) is 0.133. The second-order valence-electron chi connectivity index (χ2n) is 4.62. The Balaban J connectivity index is 1.77. The number of fused-ring (bicyclic) bond motifs is 1. The van der Waals surface area contributed by atoms with Crippen LogP contribution >= 0.6 is 15.9 Å². The zero-order valence-corrected chi connectivity index (χ0v) is 12.2. The van der Waals surface area contributed by atoms with Crippen molar-refractivity contribution in [2.24, 2.45) is 0 Å². The SMILES string of the molecule is Cc1ccc(CNc2ccc3[nH]ncc3c2)c(Br)c1. The second kappa shape index (κ2) is 5.05. The van der Waals surface area contributed by atoms with Gasteiger partial charge in [-0.1, -0.05) is 28.1 Å². The Hall–Kier alpha value is -1.81. The molecular weight excluding hydrogens is 302 g/mol. The Bertz CT molecular complexity index is 718. The van der Waals surface area contributed by atoms with Gasteiger partial charge in [0.1, 0.15) is 0 Å². The highest BCUT2D eigenvalue weighted by atomic mass is 79.9. The number of hydrogen-bond donors (Lipinski definition) is 2. The van der Waals surface area contributed by atoms with E-state index >= 15 is 0 Å². The summed E-state index contributed by atoms with van der Waals surface area (Å²) in [5, 5.41) is 11.5. The van der Waals surface area contributed by atoms with Gasteiger partial charge in [0.2, 0.25) is 0 Å². The number of nitrogens with one attached hydrogen (secondary N) is 2. The van der Waals surface area contributed by atoms with Gasteiger partial charge < -0.3 is 5.32 Å². The van der Waals surface area contributed by atoms with Gasteiger partial charge in [-0.25, -0.2) is 0 Å². The minimum absolute atomic E-state index is 0.796. The van der Waals surface area contributed by atoms with Crippen molar-refractivity contribution in [3.05, 3.63) is 58.2 Å². The monoisotopic (exact) mass is 315 g/mol. The molecule has 0 aliphatic rings. The molecule has 0 atom stereocenters. The fourth-order valence-electron chi connectivity index (χ4n) is 2.05. The van der Waals surface area contributed by atoms with Crippen LogP contribution in [0.2, 0.25) is 0 Å². The van der Waals surface area contributed by atoms with Gasteiger partial charge in [0.25, 0.3) is 0 Å². The number of aromatic nitrogens is 2. The summed E-state index contributed by atoms with van der Waals surface area (Å²) in [6.45, 7) is 2.89. The van der Waals surface area contributed by atoms with E-state index in [2.05, 4.69) is 68.7 Å². The third-order valence-corrected chi connectivity index (χ3v) is 3.87. The summed E-state index contributed by atoms with van der Waals surface area (Å²) in [6, 6.07) is 12.6. The van der Waals surface area contributed by atoms with Gasteiger partial charge in [-0.2, -0.15) is 5.10 Å². The van der Waals surface area contributed by atoms with E-state index < -0.39 is 0 Å². The van der Waals surface area contributed by atoms with Crippen molar-refractivity contribution in [2.45, 2.75) is 13.5 Å². The van der Waals surface area contributed by atoms with Crippen LogP contribution in [0.4, 0.5) is 5.69 Å². The first-order valence-electron chi connectivity index (χ1n) is 6.14. The van der Waals surface area contributed by atoms with E-state index in [-0.39, 0.29) is 0 Å². The van der Waals surface area contributed by atoms with Crippen LogP contribution in [0, 0.1) is 6.92 Å². The van der Waals surface area contributed by atoms with E-state index in [9.17, 15) is 0 Å². The maximum Gasteiger partial charge on any atom is 0.0651 e. The Morgan fingerprint density at radius 1 is 1.21 bits per heavy atom.